The average molecular weight is 312 g/mol. The Bertz CT molecular complexity index is 595. The van der Waals surface area contributed by atoms with Gasteiger partial charge in [-0.15, -0.1) is 0 Å². The largest absolute Gasteiger partial charge is 0.396 e. The van der Waals surface area contributed by atoms with Gasteiger partial charge < -0.3 is 15.5 Å². The fourth-order valence-electron chi connectivity index (χ4n) is 2.84. The van der Waals surface area contributed by atoms with Crippen LogP contribution >= 0.6 is 0 Å². The lowest BCUT2D eigenvalue weighted by Gasteiger charge is -2.33. The fraction of sp³-hybridized carbons (Fsp3) is 0.571. The number of anilines is 2. The number of hydrogen-bond acceptors (Lipinski definition) is 5. The number of para-hydroxylation sites is 1. The van der Waals surface area contributed by atoms with E-state index in [0.717, 1.165) is 38.2 Å². The minimum atomic E-state index is -3.79. The second kappa shape index (κ2) is 6.21. The molecule has 2 rings (SSSR count). The Hall–Kier alpha value is -1.31. The van der Waals surface area contributed by atoms with Crippen LogP contribution in [0.2, 0.25) is 0 Å². The molecule has 4 N–H and O–H groups in total. The summed E-state index contributed by atoms with van der Waals surface area (Å²) < 4.78 is 23.1. The number of benzene rings is 1. The highest BCUT2D eigenvalue weighted by Gasteiger charge is 2.21. The summed E-state index contributed by atoms with van der Waals surface area (Å²) in [6, 6.07) is 4.95. The number of nitrogen functional groups attached to an aromatic ring is 1. The van der Waals surface area contributed by atoms with Crippen molar-refractivity contribution >= 4 is 21.4 Å². The van der Waals surface area contributed by atoms with E-state index in [9.17, 15) is 8.42 Å². The lowest BCUT2D eigenvalue weighted by Crippen LogP contribution is -2.36. The topological polar surface area (TPSA) is 92.7 Å². The van der Waals surface area contributed by atoms with Crippen molar-refractivity contribution < 1.29 is 8.42 Å². The van der Waals surface area contributed by atoms with Crippen LogP contribution < -0.4 is 15.8 Å². The first-order valence-corrected chi connectivity index (χ1v) is 8.64. The van der Waals surface area contributed by atoms with E-state index in [1.165, 1.54) is 6.07 Å². The summed E-state index contributed by atoms with van der Waals surface area (Å²) in [5.74, 6) is 0.601. The normalized spacial score (nSPS) is 17.9. The minimum Gasteiger partial charge on any atom is -0.396 e. The molecule has 7 heteroatoms. The van der Waals surface area contributed by atoms with E-state index in [-0.39, 0.29) is 10.6 Å². The van der Waals surface area contributed by atoms with Gasteiger partial charge in [0.1, 0.15) is 4.90 Å². The van der Waals surface area contributed by atoms with Gasteiger partial charge in [-0.25, -0.2) is 13.6 Å². The molecule has 1 aromatic carbocycles. The second-order valence-electron chi connectivity index (χ2n) is 5.86. The molecule has 0 aliphatic carbocycles. The Kier molecular flexibility index (Phi) is 4.75. The molecule has 0 amide bonds. The highest BCUT2D eigenvalue weighted by Crippen LogP contribution is 2.29. The molecule has 0 radical (unpaired) electrons. The van der Waals surface area contributed by atoms with Gasteiger partial charge in [0.2, 0.25) is 10.0 Å². The molecule has 0 unspecified atom stereocenters. The van der Waals surface area contributed by atoms with Crippen LogP contribution in [0.25, 0.3) is 0 Å². The SMILES string of the molecule is CN1CCC(CN(C)c2cccc(S(N)(=O)=O)c2N)CC1. The lowest BCUT2D eigenvalue weighted by atomic mass is 9.96. The van der Waals surface area contributed by atoms with Crippen LogP contribution in [0.4, 0.5) is 11.4 Å². The van der Waals surface area contributed by atoms with Gasteiger partial charge in [-0.3, -0.25) is 0 Å². The highest BCUT2D eigenvalue weighted by molar-refractivity contribution is 7.89. The zero-order chi connectivity index (χ0) is 15.6. The van der Waals surface area contributed by atoms with Gasteiger partial charge in [-0.1, -0.05) is 6.07 Å². The third kappa shape index (κ3) is 3.87. The van der Waals surface area contributed by atoms with E-state index < -0.39 is 10.0 Å². The summed E-state index contributed by atoms with van der Waals surface area (Å²) in [5, 5.41) is 5.19. The van der Waals surface area contributed by atoms with E-state index in [1.807, 2.05) is 18.0 Å². The zero-order valence-electron chi connectivity index (χ0n) is 12.6. The van der Waals surface area contributed by atoms with Gasteiger partial charge in [-0.2, -0.15) is 0 Å². The third-order valence-corrected chi connectivity index (χ3v) is 5.10. The van der Waals surface area contributed by atoms with E-state index in [0.29, 0.717) is 5.92 Å². The Labute approximate surface area is 126 Å². The molecule has 1 aliphatic heterocycles. The van der Waals surface area contributed by atoms with Crippen molar-refractivity contribution in [2.75, 3.05) is 44.4 Å². The molecule has 0 bridgehead atoms. The van der Waals surface area contributed by atoms with Crippen molar-refractivity contribution in [3.05, 3.63) is 18.2 Å². The first-order chi connectivity index (χ1) is 9.79. The van der Waals surface area contributed by atoms with Gasteiger partial charge in [0.15, 0.2) is 0 Å². The maximum atomic E-state index is 11.5. The number of sulfonamides is 1. The molecule has 118 valence electrons. The molecular weight excluding hydrogens is 288 g/mol. The number of nitrogens with two attached hydrogens (primary N) is 2. The quantitative estimate of drug-likeness (QED) is 0.798. The van der Waals surface area contributed by atoms with Gasteiger partial charge in [0.05, 0.1) is 11.4 Å². The first kappa shape index (κ1) is 16.1. The van der Waals surface area contributed by atoms with Gasteiger partial charge in [0, 0.05) is 13.6 Å². The van der Waals surface area contributed by atoms with Gasteiger partial charge in [-0.05, 0) is 51.0 Å². The van der Waals surface area contributed by atoms with Crippen molar-refractivity contribution in [1.29, 1.82) is 0 Å². The molecule has 1 fully saturated rings. The van der Waals surface area contributed by atoms with E-state index in [2.05, 4.69) is 11.9 Å². The molecule has 1 aromatic rings. The summed E-state index contributed by atoms with van der Waals surface area (Å²) in [6.45, 7) is 3.07. The molecule has 0 saturated carbocycles. The monoisotopic (exact) mass is 312 g/mol. The number of likely N-dealkylation sites (tertiary alicyclic amines) is 1. The van der Waals surface area contributed by atoms with Crippen LogP contribution in [0.5, 0.6) is 0 Å². The predicted molar refractivity (Wildman–Crippen MR) is 85.7 cm³/mol. The first-order valence-electron chi connectivity index (χ1n) is 7.10. The van der Waals surface area contributed by atoms with Crippen molar-refractivity contribution in [3.63, 3.8) is 0 Å². The molecule has 6 nitrogen and oxygen atoms in total. The molecule has 0 spiro atoms. The van der Waals surface area contributed by atoms with Crippen molar-refractivity contribution in [2.24, 2.45) is 11.1 Å². The van der Waals surface area contributed by atoms with E-state index in [1.54, 1.807) is 6.07 Å². The Balaban J connectivity index is 2.14. The summed E-state index contributed by atoms with van der Waals surface area (Å²) in [5.41, 5.74) is 6.94. The molecule has 1 aliphatic rings. The van der Waals surface area contributed by atoms with Crippen LogP contribution in [-0.4, -0.2) is 47.0 Å². The fourth-order valence-corrected chi connectivity index (χ4v) is 3.52. The lowest BCUT2D eigenvalue weighted by molar-refractivity contribution is 0.222. The average Bonchev–Trinajstić information content (AvgIpc) is 2.40. The predicted octanol–water partition coefficient (Wildman–Crippen LogP) is 0.694. The maximum Gasteiger partial charge on any atom is 0.240 e. The summed E-state index contributed by atoms with van der Waals surface area (Å²) >= 11 is 0. The van der Waals surface area contributed by atoms with Gasteiger partial charge >= 0.3 is 0 Å². The van der Waals surface area contributed by atoms with E-state index >= 15 is 0 Å². The molecule has 1 heterocycles. The Morgan fingerprint density at radius 2 is 1.95 bits per heavy atom. The molecule has 0 atom stereocenters. The van der Waals surface area contributed by atoms with Crippen molar-refractivity contribution in [2.45, 2.75) is 17.7 Å². The third-order valence-electron chi connectivity index (χ3n) is 4.13. The number of nitrogens with zero attached hydrogens (tertiary/aromatic N) is 2. The number of primary sulfonamides is 1. The van der Waals surface area contributed by atoms with Crippen molar-refractivity contribution in [1.82, 2.24) is 4.90 Å². The smallest absolute Gasteiger partial charge is 0.240 e. The molecule has 21 heavy (non-hydrogen) atoms. The molecular formula is C14H24N4O2S. The van der Waals surface area contributed by atoms with Crippen LogP contribution in [0.3, 0.4) is 0 Å². The van der Waals surface area contributed by atoms with E-state index in [4.69, 9.17) is 10.9 Å². The zero-order valence-corrected chi connectivity index (χ0v) is 13.4. The highest BCUT2D eigenvalue weighted by atomic mass is 32.2. The number of hydrogen-bond donors (Lipinski definition) is 2. The Morgan fingerprint density at radius 3 is 2.52 bits per heavy atom. The number of rotatable bonds is 4. The minimum absolute atomic E-state index is 0.00442. The Morgan fingerprint density at radius 1 is 1.33 bits per heavy atom. The molecule has 0 aromatic heterocycles. The second-order valence-corrected chi connectivity index (χ2v) is 7.39. The standard InChI is InChI=1S/C14H24N4O2S/c1-17-8-6-11(7-9-17)10-18(2)12-4-3-5-13(14(12)15)21(16,19)20/h3-5,11H,6-10,15H2,1-2H3,(H2,16,19,20). The van der Waals surface area contributed by atoms with Crippen LogP contribution in [0.1, 0.15) is 12.8 Å². The maximum absolute atomic E-state index is 11.5. The van der Waals surface area contributed by atoms with Crippen LogP contribution in [-0.2, 0) is 10.0 Å². The summed E-state index contributed by atoms with van der Waals surface area (Å²) in [7, 11) is 0.286. The van der Waals surface area contributed by atoms with Crippen LogP contribution in [0, 0.1) is 5.92 Å². The summed E-state index contributed by atoms with van der Waals surface area (Å²) in [4.78, 5) is 4.35. The molecule has 1 saturated heterocycles. The number of piperidine rings is 1. The van der Waals surface area contributed by atoms with Gasteiger partial charge in [0.25, 0.3) is 0 Å². The summed E-state index contributed by atoms with van der Waals surface area (Å²) in [6.07, 6.45) is 2.30. The van der Waals surface area contributed by atoms with Crippen molar-refractivity contribution in [3.8, 4) is 0 Å². The van der Waals surface area contributed by atoms with Crippen LogP contribution in [0.15, 0.2) is 23.1 Å².